The first-order valence-corrected chi connectivity index (χ1v) is 6.64. The Hall–Kier alpha value is -1.13. The standard InChI is InChI=1S/C13H15ClN2O2/c14-11-7-15-4-3-10(11)13(17)16-5-6-18-12(8-16)9-1-2-9/h3-4,7,9,12H,1-2,5-6,8H2/t12-/m0/s1. The molecule has 2 aliphatic rings. The van der Waals surface area contributed by atoms with E-state index in [0.717, 1.165) is 0 Å². The van der Waals surface area contributed by atoms with Crippen LogP contribution in [0.3, 0.4) is 0 Å². The second kappa shape index (κ2) is 4.86. The Balaban J connectivity index is 1.73. The van der Waals surface area contributed by atoms with Crippen LogP contribution >= 0.6 is 11.6 Å². The van der Waals surface area contributed by atoms with Crippen molar-refractivity contribution in [3.8, 4) is 0 Å². The van der Waals surface area contributed by atoms with Crippen LogP contribution in [-0.2, 0) is 4.74 Å². The number of hydrogen-bond acceptors (Lipinski definition) is 3. The van der Waals surface area contributed by atoms with Crippen LogP contribution < -0.4 is 0 Å². The third-order valence-corrected chi connectivity index (χ3v) is 3.83. The Kier molecular flexibility index (Phi) is 3.22. The highest BCUT2D eigenvalue weighted by molar-refractivity contribution is 6.33. The van der Waals surface area contributed by atoms with Crippen molar-refractivity contribution < 1.29 is 9.53 Å². The molecule has 1 saturated carbocycles. The Morgan fingerprint density at radius 1 is 1.50 bits per heavy atom. The molecule has 1 amide bonds. The molecule has 3 rings (SSSR count). The Morgan fingerprint density at radius 3 is 3.06 bits per heavy atom. The van der Waals surface area contributed by atoms with Crippen LogP contribution in [0.1, 0.15) is 23.2 Å². The van der Waals surface area contributed by atoms with Crippen molar-refractivity contribution >= 4 is 17.5 Å². The molecule has 1 aromatic heterocycles. The minimum absolute atomic E-state index is 0.0173. The quantitative estimate of drug-likeness (QED) is 0.822. The van der Waals surface area contributed by atoms with Gasteiger partial charge < -0.3 is 9.64 Å². The molecule has 5 heteroatoms. The predicted molar refractivity (Wildman–Crippen MR) is 67.6 cm³/mol. The van der Waals surface area contributed by atoms with Crippen molar-refractivity contribution in [2.24, 2.45) is 5.92 Å². The fraction of sp³-hybridized carbons (Fsp3) is 0.538. The van der Waals surface area contributed by atoms with Crippen LogP contribution in [0.25, 0.3) is 0 Å². The summed E-state index contributed by atoms with van der Waals surface area (Å²) in [5, 5.41) is 0.414. The summed E-state index contributed by atoms with van der Waals surface area (Å²) in [5.41, 5.74) is 0.531. The van der Waals surface area contributed by atoms with Gasteiger partial charge in [-0.15, -0.1) is 0 Å². The molecule has 0 unspecified atom stereocenters. The smallest absolute Gasteiger partial charge is 0.255 e. The molecule has 1 saturated heterocycles. The molecule has 1 aliphatic heterocycles. The van der Waals surface area contributed by atoms with Crippen LogP contribution in [0.5, 0.6) is 0 Å². The molecule has 18 heavy (non-hydrogen) atoms. The van der Waals surface area contributed by atoms with Crippen LogP contribution in [-0.4, -0.2) is 41.6 Å². The van der Waals surface area contributed by atoms with Gasteiger partial charge >= 0.3 is 0 Å². The molecule has 0 N–H and O–H groups in total. The lowest BCUT2D eigenvalue weighted by Crippen LogP contribution is -2.46. The molecule has 1 aliphatic carbocycles. The maximum atomic E-state index is 12.4. The summed E-state index contributed by atoms with van der Waals surface area (Å²) in [6.07, 6.45) is 5.76. The third-order valence-electron chi connectivity index (χ3n) is 3.53. The van der Waals surface area contributed by atoms with Crippen molar-refractivity contribution in [3.05, 3.63) is 29.0 Å². The number of amides is 1. The van der Waals surface area contributed by atoms with Gasteiger partial charge in [-0.3, -0.25) is 9.78 Å². The first kappa shape index (κ1) is 11.9. The second-order valence-corrected chi connectivity index (χ2v) is 5.26. The van der Waals surface area contributed by atoms with Gasteiger partial charge in [-0.1, -0.05) is 11.6 Å². The van der Waals surface area contributed by atoms with Crippen LogP contribution in [0.15, 0.2) is 18.5 Å². The summed E-state index contributed by atoms with van der Waals surface area (Å²) < 4.78 is 5.71. The molecule has 2 heterocycles. The fourth-order valence-corrected chi connectivity index (χ4v) is 2.53. The first-order valence-electron chi connectivity index (χ1n) is 6.26. The van der Waals surface area contributed by atoms with Crippen molar-refractivity contribution in [3.63, 3.8) is 0 Å². The summed E-state index contributed by atoms with van der Waals surface area (Å²) >= 11 is 6.01. The third kappa shape index (κ3) is 2.35. The van der Waals surface area contributed by atoms with Crippen molar-refractivity contribution in [1.82, 2.24) is 9.88 Å². The molecule has 0 spiro atoms. The highest BCUT2D eigenvalue weighted by Crippen LogP contribution is 2.36. The van der Waals surface area contributed by atoms with Gasteiger partial charge in [-0.05, 0) is 24.8 Å². The van der Waals surface area contributed by atoms with E-state index >= 15 is 0 Å². The van der Waals surface area contributed by atoms with Gasteiger partial charge in [0, 0.05) is 25.5 Å². The van der Waals surface area contributed by atoms with Crippen molar-refractivity contribution in [2.45, 2.75) is 18.9 Å². The number of nitrogens with zero attached hydrogens (tertiary/aromatic N) is 2. The molecular formula is C13H15ClN2O2. The SMILES string of the molecule is O=C(c1ccncc1Cl)N1CCO[C@H](C2CC2)C1. The number of morpholine rings is 1. The molecule has 0 bridgehead atoms. The first-order chi connectivity index (χ1) is 8.75. The number of pyridine rings is 1. The van der Waals surface area contributed by atoms with Crippen LogP contribution in [0.2, 0.25) is 5.02 Å². The summed E-state index contributed by atoms with van der Waals surface area (Å²) in [4.78, 5) is 18.1. The van der Waals surface area contributed by atoms with E-state index in [1.807, 2.05) is 4.90 Å². The largest absolute Gasteiger partial charge is 0.374 e. The summed E-state index contributed by atoms with van der Waals surface area (Å²) in [6, 6.07) is 1.67. The number of rotatable bonds is 2. The zero-order valence-electron chi connectivity index (χ0n) is 10.0. The van der Waals surface area contributed by atoms with E-state index in [9.17, 15) is 4.79 Å². The Labute approximate surface area is 111 Å². The highest BCUT2D eigenvalue weighted by atomic mass is 35.5. The van der Waals surface area contributed by atoms with Crippen molar-refractivity contribution in [1.29, 1.82) is 0 Å². The van der Waals surface area contributed by atoms with Gasteiger partial charge in [-0.25, -0.2) is 0 Å². The number of hydrogen-bond donors (Lipinski definition) is 0. The summed E-state index contributed by atoms with van der Waals surface area (Å²) in [5.74, 6) is 0.630. The lowest BCUT2D eigenvalue weighted by atomic mass is 10.1. The maximum Gasteiger partial charge on any atom is 0.255 e. The number of ether oxygens (including phenoxy) is 1. The van der Waals surface area contributed by atoms with E-state index in [4.69, 9.17) is 16.3 Å². The molecule has 96 valence electrons. The van der Waals surface area contributed by atoms with E-state index in [-0.39, 0.29) is 12.0 Å². The molecule has 0 radical (unpaired) electrons. The molecule has 1 atom stereocenters. The lowest BCUT2D eigenvalue weighted by molar-refractivity contribution is -0.0313. The number of aromatic nitrogens is 1. The number of carbonyl (C=O) groups excluding carboxylic acids is 1. The summed E-state index contributed by atoms with van der Waals surface area (Å²) in [6.45, 7) is 1.94. The average Bonchev–Trinajstić information content (AvgIpc) is 3.23. The monoisotopic (exact) mass is 266 g/mol. The van der Waals surface area contributed by atoms with Gasteiger partial charge in [0.05, 0.1) is 23.3 Å². The van der Waals surface area contributed by atoms with E-state index < -0.39 is 0 Å². The van der Waals surface area contributed by atoms with Gasteiger partial charge in [0.1, 0.15) is 0 Å². The van der Waals surface area contributed by atoms with Gasteiger partial charge in [-0.2, -0.15) is 0 Å². The Morgan fingerprint density at radius 2 is 2.33 bits per heavy atom. The Bertz CT molecular complexity index is 462. The fourth-order valence-electron chi connectivity index (χ4n) is 2.33. The number of halogens is 1. The van der Waals surface area contributed by atoms with Crippen LogP contribution in [0.4, 0.5) is 0 Å². The minimum atomic E-state index is -0.0173. The van der Waals surface area contributed by atoms with Crippen LogP contribution in [0, 0.1) is 5.92 Å². The van der Waals surface area contributed by atoms with E-state index in [2.05, 4.69) is 4.98 Å². The summed E-state index contributed by atoms with van der Waals surface area (Å²) in [7, 11) is 0. The van der Waals surface area contributed by atoms with Crippen molar-refractivity contribution in [2.75, 3.05) is 19.7 Å². The minimum Gasteiger partial charge on any atom is -0.374 e. The molecule has 2 fully saturated rings. The maximum absolute atomic E-state index is 12.4. The van der Waals surface area contributed by atoms with Gasteiger partial charge in [0.15, 0.2) is 0 Å². The van der Waals surface area contributed by atoms with E-state index in [1.165, 1.54) is 19.0 Å². The topological polar surface area (TPSA) is 42.4 Å². The highest BCUT2D eigenvalue weighted by Gasteiger charge is 2.36. The zero-order chi connectivity index (χ0) is 12.5. The van der Waals surface area contributed by atoms with E-state index in [1.54, 1.807) is 12.3 Å². The second-order valence-electron chi connectivity index (χ2n) is 4.85. The normalized spacial score (nSPS) is 24.1. The van der Waals surface area contributed by atoms with Gasteiger partial charge in [0.2, 0.25) is 0 Å². The zero-order valence-corrected chi connectivity index (χ0v) is 10.8. The van der Waals surface area contributed by atoms with E-state index in [0.29, 0.717) is 36.2 Å². The van der Waals surface area contributed by atoms with Gasteiger partial charge in [0.25, 0.3) is 5.91 Å². The predicted octanol–water partition coefficient (Wildman–Crippen LogP) is 1.99. The molecular weight excluding hydrogens is 252 g/mol. The lowest BCUT2D eigenvalue weighted by Gasteiger charge is -2.33. The molecule has 0 aromatic carbocycles. The molecule has 4 nitrogen and oxygen atoms in total. The number of carbonyl (C=O) groups is 1. The average molecular weight is 267 g/mol. The molecule has 1 aromatic rings.